The third-order valence-electron chi connectivity index (χ3n) is 5.20. The highest BCUT2D eigenvalue weighted by Gasteiger charge is 2.31. The van der Waals surface area contributed by atoms with Crippen LogP contribution in [0.1, 0.15) is 25.3 Å². The summed E-state index contributed by atoms with van der Waals surface area (Å²) in [5, 5.41) is 5.99. The van der Waals surface area contributed by atoms with E-state index in [4.69, 9.17) is 0 Å². The number of piperidine rings is 1. The van der Waals surface area contributed by atoms with Gasteiger partial charge in [0.15, 0.2) is 0 Å². The summed E-state index contributed by atoms with van der Waals surface area (Å²) in [6, 6.07) is 17.0. The molecule has 2 aromatic carbocycles. The van der Waals surface area contributed by atoms with Crippen LogP contribution >= 0.6 is 0 Å². The Balaban J connectivity index is 1.59. The zero-order chi connectivity index (χ0) is 19.2. The number of hydrogen-bond acceptors (Lipinski definition) is 3. The van der Waals surface area contributed by atoms with Crippen molar-refractivity contribution < 1.29 is 9.59 Å². The van der Waals surface area contributed by atoms with Crippen molar-refractivity contribution in [1.82, 2.24) is 4.90 Å². The summed E-state index contributed by atoms with van der Waals surface area (Å²) in [6.07, 6.45) is 1.76. The zero-order valence-electron chi connectivity index (χ0n) is 15.9. The monoisotopic (exact) mass is 365 g/mol. The summed E-state index contributed by atoms with van der Waals surface area (Å²) in [5.41, 5.74) is 2.69. The molecule has 2 atom stereocenters. The smallest absolute Gasteiger partial charge is 0.241 e. The van der Waals surface area contributed by atoms with Gasteiger partial charge >= 0.3 is 0 Å². The van der Waals surface area contributed by atoms with Crippen LogP contribution in [-0.2, 0) is 9.59 Å². The van der Waals surface area contributed by atoms with Crippen molar-refractivity contribution in [2.75, 3.05) is 23.7 Å². The fourth-order valence-electron chi connectivity index (χ4n) is 3.45. The Hall–Kier alpha value is -2.66. The van der Waals surface area contributed by atoms with E-state index in [0.29, 0.717) is 6.54 Å². The number of carbonyl (C=O) groups is 2. The minimum Gasteiger partial charge on any atom is -0.326 e. The quantitative estimate of drug-likeness (QED) is 0.850. The molecule has 3 rings (SSSR count). The van der Waals surface area contributed by atoms with Gasteiger partial charge in [-0.3, -0.25) is 14.5 Å². The summed E-state index contributed by atoms with van der Waals surface area (Å²) in [4.78, 5) is 27.4. The second-order valence-corrected chi connectivity index (χ2v) is 7.17. The SMILES string of the molecule is Cc1ccccc1NC(=O)C(C)N1CCCC(C(=O)Nc2ccccc2)C1. The molecule has 1 aliphatic rings. The Morgan fingerprint density at radius 2 is 1.74 bits per heavy atom. The number of hydrogen-bond donors (Lipinski definition) is 2. The normalized spacial score (nSPS) is 18.5. The Morgan fingerprint density at radius 1 is 1.04 bits per heavy atom. The molecule has 0 aliphatic carbocycles. The van der Waals surface area contributed by atoms with Crippen LogP contribution in [0.5, 0.6) is 0 Å². The average Bonchev–Trinajstić information content (AvgIpc) is 2.70. The molecule has 0 aromatic heterocycles. The van der Waals surface area contributed by atoms with E-state index in [9.17, 15) is 9.59 Å². The van der Waals surface area contributed by atoms with Crippen LogP contribution in [0.15, 0.2) is 54.6 Å². The summed E-state index contributed by atoms with van der Waals surface area (Å²) < 4.78 is 0. The Kier molecular flexibility index (Phi) is 6.24. The van der Waals surface area contributed by atoms with E-state index < -0.39 is 0 Å². The van der Waals surface area contributed by atoms with Crippen molar-refractivity contribution in [2.45, 2.75) is 32.7 Å². The molecule has 1 saturated heterocycles. The number of carbonyl (C=O) groups excluding carboxylic acids is 2. The van der Waals surface area contributed by atoms with Crippen LogP contribution in [0, 0.1) is 12.8 Å². The maximum Gasteiger partial charge on any atom is 0.241 e. The third-order valence-corrected chi connectivity index (χ3v) is 5.20. The number of aryl methyl sites for hydroxylation is 1. The lowest BCUT2D eigenvalue weighted by Crippen LogP contribution is -2.49. The van der Waals surface area contributed by atoms with Crippen LogP contribution in [0.4, 0.5) is 11.4 Å². The highest BCUT2D eigenvalue weighted by Crippen LogP contribution is 2.21. The predicted octanol–water partition coefficient (Wildman–Crippen LogP) is 3.67. The molecule has 1 fully saturated rings. The first kappa shape index (κ1) is 19.1. The standard InChI is InChI=1S/C22H27N3O2/c1-16-9-6-7-13-20(16)24-21(26)17(2)25-14-8-10-18(15-25)22(27)23-19-11-4-3-5-12-19/h3-7,9,11-13,17-18H,8,10,14-15H2,1-2H3,(H,23,27)(H,24,26). The first-order chi connectivity index (χ1) is 13.0. The molecule has 0 saturated carbocycles. The molecular formula is C22H27N3O2. The van der Waals surface area contributed by atoms with Crippen molar-refractivity contribution in [3.63, 3.8) is 0 Å². The van der Waals surface area contributed by atoms with Gasteiger partial charge in [-0.05, 0) is 57.0 Å². The van der Waals surface area contributed by atoms with Gasteiger partial charge in [0.1, 0.15) is 0 Å². The molecule has 2 amide bonds. The van der Waals surface area contributed by atoms with Crippen molar-refractivity contribution in [3.05, 3.63) is 60.2 Å². The van der Waals surface area contributed by atoms with Crippen LogP contribution < -0.4 is 10.6 Å². The lowest BCUT2D eigenvalue weighted by atomic mass is 9.95. The predicted molar refractivity (Wildman–Crippen MR) is 109 cm³/mol. The number of rotatable bonds is 5. The van der Waals surface area contributed by atoms with Crippen LogP contribution in [-0.4, -0.2) is 35.8 Å². The van der Waals surface area contributed by atoms with Crippen molar-refractivity contribution >= 4 is 23.2 Å². The minimum atomic E-state index is -0.281. The second-order valence-electron chi connectivity index (χ2n) is 7.17. The third kappa shape index (κ3) is 4.95. The summed E-state index contributed by atoms with van der Waals surface area (Å²) in [6.45, 7) is 5.31. The summed E-state index contributed by atoms with van der Waals surface area (Å²) >= 11 is 0. The van der Waals surface area contributed by atoms with E-state index >= 15 is 0 Å². The number of amides is 2. The van der Waals surface area contributed by atoms with E-state index in [-0.39, 0.29) is 23.8 Å². The van der Waals surface area contributed by atoms with Crippen LogP contribution in [0.2, 0.25) is 0 Å². The molecule has 1 aliphatic heterocycles. The molecule has 142 valence electrons. The van der Waals surface area contributed by atoms with Crippen molar-refractivity contribution in [3.8, 4) is 0 Å². The fraction of sp³-hybridized carbons (Fsp3) is 0.364. The van der Waals surface area contributed by atoms with Gasteiger partial charge in [0, 0.05) is 17.9 Å². The highest BCUT2D eigenvalue weighted by atomic mass is 16.2. The maximum atomic E-state index is 12.7. The number of nitrogens with zero attached hydrogens (tertiary/aromatic N) is 1. The van der Waals surface area contributed by atoms with E-state index in [1.54, 1.807) is 0 Å². The molecule has 5 heteroatoms. The zero-order valence-corrected chi connectivity index (χ0v) is 15.9. The average molecular weight is 365 g/mol. The summed E-state index contributed by atoms with van der Waals surface area (Å²) in [5.74, 6) is -0.113. The van der Waals surface area contributed by atoms with Crippen LogP contribution in [0.25, 0.3) is 0 Å². The second kappa shape index (κ2) is 8.82. The topological polar surface area (TPSA) is 61.4 Å². The fourth-order valence-corrected chi connectivity index (χ4v) is 3.45. The van der Waals surface area contributed by atoms with Crippen molar-refractivity contribution in [1.29, 1.82) is 0 Å². The van der Waals surface area contributed by atoms with Gasteiger partial charge < -0.3 is 10.6 Å². The molecule has 0 spiro atoms. The van der Waals surface area contributed by atoms with Gasteiger partial charge in [-0.25, -0.2) is 0 Å². The first-order valence-electron chi connectivity index (χ1n) is 9.51. The first-order valence-corrected chi connectivity index (χ1v) is 9.51. The molecule has 2 unspecified atom stereocenters. The number of likely N-dealkylation sites (tertiary alicyclic amines) is 1. The minimum absolute atomic E-state index is 0.0254. The Morgan fingerprint density at radius 3 is 2.48 bits per heavy atom. The highest BCUT2D eigenvalue weighted by molar-refractivity contribution is 5.95. The molecule has 0 bridgehead atoms. The van der Waals surface area contributed by atoms with E-state index in [2.05, 4.69) is 15.5 Å². The lowest BCUT2D eigenvalue weighted by molar-refractivity contribution is -0.125. The number of benzene rings is 2. The molecule has 27 heavy (non-hydrogen) atoms. The van der Waals surface area contributed by atoms with Gasteiger partial charge in [-0.2, -0.15) is 0 Å². The molecule has 2 N–H and O–H groups in total. The molecule has 5 nitrogen and oxygen atoms in total. The Bertz CT molecular complexity index is 791. The molecule has 0 radical (unpaired) electrons. The maximum absolute atomic E-state index is 12.7. The van der Waals surface area contributed by atoms with Gasteiger partial charge in [-0.15, -0.1) is 0 Å². The van der Waals surface area contributed by atoms with E-state index in [0.717, 1.165) is 36.3 Å². The Labute approximate surface area is 160 Å². The van der Waals surface area contributed by atoms with Gasteiger partial charge in [0.05, 0.1) is 12.0 Å². The molecule has 2 aromatic rings. The lowest BCUT2D eigenvalue weighted by Gasteiger charge is -2.35. The molecule has 1 heterocycles. The van der Waals surface area contributed by atoms with Crippen LogP contribution in [0.3, 0.4) is 0 Å². The van der Waals surface area contributed by atoms with E-state index in [1.807, 2.05) is 68.4 Å². The van der Waals surface area contributed by atoms with Gasteiger partial charge in [-0.1, -0.05) is 36.4 Å². The molecular weight excluding hydrogens is 338 g/mol. The number of anilines is 2. The van der Waals surface area contributed by atoms with Gasteiger partial charge in [0.25, 0.3) is 0 Å². The number of para-hydroxylation sites is 2. The van der Waals surface area contributed by atoms with Gasteiger partial charge in [0.2, 0.25) is 11.8 Å². The van der Waals surface area contributed by atoms with E-state index in [1.165, 1.54) is 0 Å². The van der Waals surface area contributed by atoms with Crippen molar-refractivity contribution in [2.24, 2.45) is 5.92 Å². The number of nitrogens with one attached hydrogen (secondary N) is 2. The summed E-state index contributed by atoms with van der Waals surface area (Å²) in [7, 11) is 0. The largest absolute Gasteiger partial charge is 0.326 e.